The first-order chi connectivity index (χ1) is 27.5. The van der Waals surface area contributed by atoms with Gasteiger partial charge < -0.3 is 24.4 Å². The number of esters is 2. The molecule has 0 atom stereocenters. The summed E-state index contributed by atoms with van der Waals surface area (Å²) in [5, 5.41) is 20.5. The van der Waals surface area contributed by atoms with Crippen LogP contribution in [0.25, 0.3) is 22.3 Å². The molecule has 2 aliphatic rings. The highest BCUT2D eigenvalue weighted by atomic mass is 16.5. The summed E-state index contributed by atoms with van der Waals surface area (Å²) in [7, 11) is 0. The Bertz CT molecular complexity index is 1770. The van der Waals surface area contributed by atoms with Gasteiger partial charge in [-0.3, -0.25) is 0 Å². The SMILES string of the molecule is C=C(C)C(=O)OCCCc1cc(-c2ccc(-c3ccc(C4CCC(C)CC4)cc3)cc2C2CC2)cc(CCCOC(=O)C(=C)C)c1OCCC(CO)(CO)CCC. The van der Waals surface area contributed by atoms with Gasteiger partial charge in [0.25, 0.3) is 0 Å². The van der Waals surface area contributed by atoms with Gasteiger partial charge in [0.2, 0.25) is 0 Å². The van der Waals surface area contributed by atoms with Crippen molar-refractivity contribution in [2.24, 2.45) is 11.3 Å². The van der Waals surface area contributed by atoms with Crippen molar-refractivity contribution < 1.29 is 34.0 Å². The second-order valence-corrected chi connectivity index (χ2v) is 17.0. The maximum atomic E-state index is 12.2. The monoisotopic (exact) mass is 778 g/mol. The number of hydrogen-bond acceptors (Lipinski definition) is 7. The highest BCUT2D eigenvalue weighted by Gasteiger charge is 2.30. The van der Waals surface area contributed by atoms with Crippen molar-refractivity contribution in [2.75, 3.05) is 33.0 Å². The standard InChI is InChI=1S/C50H66O7/c1-7-24-50(32-51,33-52)25-28-55-47-42(10-8-26-56-48(53)34(2)3)29-44(30-43(47)11-9-27-57-49(54)35(4)5)45-23-22-41(31-46(45)40-20-21-40)39-18-16-38(17-19-39)37-14-12-36(6)13-15-37/h16-19,22-23,29-31,36-37,40,51-52H,2,4,7-15,20-21,24-28,32-33H2,1,3,5-6H3. The van der Waals surface area contributed by atoms with Crippen molar-refractivity contribution in [3.05, 3.63) is 101 Å². The fourth-order valence-corrected chi connectivity index (χ4v) is 8.24. The Hall–Kier alpha value is -4.20. The molecule has 2 fully saturated rings. The van der Waals surface area contributed by atoms with Crippen LogP contribution in [-0.4, -0.2) is 55.2 Å². The molecule has 3 aromatic carbocycles. The first kappa shape index (κ1) is 43.9. The van der Waals surface area contributed by atoms with Crippen LogP contribution in [0.3, 0.4) is 0 Å². The number of aliphatic hydroxyl groups excluding tert-OH is 2. The molecule has 308 valence electrons. The number of benzene rings is 3. The lowest BCUT2D eigenvalue weighted by Crippen LogP contribution is -2.31. The van der Waals surface area contributed by atoms with E-state index in [4.69, 9.17) is 14.2 Å². The highest BCUT2D eigenvalue weighted by Crippen LogP contribution is 2.47. The van der Waals surface area contributed by atoms with Crippen LogP contribution >= 0.6 is 0 Å². The predicted octanol–water partition coefficient (Wildman–Crippen LogP) is 10.8. The molecular weight excluding hydrogens is 713 g/mol. The molecule has 2 aliphatic carbocycles. The number of rotatable bonds is 22. The van der Waals surface area contributed by atoms with Crippen LogP contribution in [0, 0.1) is 11.3 Å². The number of hydrogen-bond donors (Lipinski definition) is 2. The van der Waals surface area contributed by atoms with Crippen LogP contribution in [0.15, 0.2) is 78.9 Å². The van der Waals surface area contributed by atoms with Crippen LogP contribution < -0.4 is 4.74 Å². The molecule has 0 spiro atoms. The number of ether oxygens (including phenoxy) is 3. The van der Waals surface area contributed by atoms with E-state index < -0.39 is 17.4 Å². The van der Waals surface area contributed by atoms with Gasteiger partial charge in [0.1, 0.15) is 5.75 Å². The predicted molar refractivity (Wildman–Crippen MR) is 229 cm³/mol. The van der Waals surface area contributed by atoms with Crippen molar-refractivity contribution in [3.63, 3.8) is 0 Å². The largest absolute Gasteiger partial charge is 0.493 e. The molecule has 5 rings (SSSR count). The third-order valence-corrected chi connectivity index (χ3v) is 12.0. The lowest BCUT2D eigenvalue weighted by molar-refractivity contribution is -0.139. The molecule has 0 saturated heterocycles. The summed E-state index contributed by atoms with van der Waals surface area (Å²) in [4.78, 5) is 24.4. The van der Waals surface area contributed by atoms with Crippen LogP contribution in [0.2, 0.25) is 0 Å². The molecule has 7 nitrogen and oxygen atoms in total. The van der Waals surface area contributed by atoms with Gasteiger partial charge >= 0.3 is 11.9 Å². The average molecular weight is 779 g/mol. The van der Waals surface area contributed by atoms with E-state index in [0.29, 0.717) is 68.1 Å². The molecule has 0 unspecified atom stereocenters. The smallest absolute Gasteiger partial charge is 0.333 e. The summed E-state index contributed by atoms with van der Waals surface area (Å²) < 4.78 is 17.6. The molecule has 2 N–H and O–H groups in total. The molecule has 0 heterocycles. The maximum Gasteiger partial charge on any atom is 0.333 e. The van der Waals surface area contributed by atoms with Gasteiger partial charge in [0.15, 0.2) is 0 Å². The molecular formula is C50H66O7. The van der Waals surface area contributed by atoms with E-state index >= 15 is 0 Å². The fourth-order valence-electron chi connectivity index (χ4n) is 8.24. The van der Waals surface area contributed by atoms with E-state index in [1.807, 2.05) is 6.92 Å². The number of carbonyl (C=O) groups is 2. The van der Waals surface area contributed by atoms with Gasteiger partial charge in [-0.15, -0.1) is 0 Å². The summed E-state index contributed by atoms with van der Waals surface area (Å²) in [6.45, 7) is 15.7. The van der Waals surface area contributed by atoms with Crippen molar-refractivity contribution in [1.82, 2.24) is 0 Å². The van der Waals surface area contributed by atoms with E-state index in [9.17, 15) is 19.8 Å². The first-order valence-electron chi connectivity index (χ1n) is 21.4. The minimum absolute atomic E-state index is 0.120. The first-order valence-corrected chi connectivity index (χ1v) is 21.4. The molecule has 7 heteroatoms. The number of carbonyl (C=O) groups excluding carboxylic acids is 2. The fraction of sp³-hybridized carbons (Fsp3) is 0.520. The van der Waals surface area contributed by atoms with E-state index in [-0.39, 0.29) is 26.4 Å². The number of aryl methyl sites for hydroxylation is 2. The molecule has 57 heavy (non-hydrogen) atoms. The zero-order chi connectivity index (χ0) is 41.0. The minimum Gasteiger partial charge on any atom is -0.493 e. The lowest BCUT2D eigenvalue weighted by Gasteiger charge is -2.30. The van der Waals surface area contributed by atoms with E-state index in [2.05, 4.69) is 74.7 Å². The summed E-state index contributed by atoms with van der Waals surface area (Å²) in [6.07, 6.45) is 11.9. The zero-order valence-corrected chi connectivity index (χ0v) is 35.0. The van der Waals surface area contributed by atoms with Crippen molar-refractivity contribution >= 4 is 11.9 Å². The van der Waals surface area contributed by atoms with Gasteiger partial charge in [0, 0.05) is 16.6 Å². The third kappa shape index (κ3) is 12.2. The summed E-state index contributed by atoms with van der Waals surface area (Å²) in [6, 6.07) is 20.6. The van der Waals surface area contributed by atoms with Crippen LogP contribution in [-0.2, 0) is 31.9 Å². The maximum absolute atomic E-state index is 12.2. The van der Waals surface area contributed by atoms with Gasteiger partial charge in [-0.1, -0.05) is 88.7 Å². The van der Waals surface area contributed by atoms with Crippen LogP contribution in [0.1, 0.15) is 132 Å². The second kappa shape index (κ2) is 21.0. The molecule has 3 aromatic rings. The summed E-state index contributed by atoms with van der Waals surface area (Å²) in [5.41, 5.74) is 9.68. The molecule has 2 saturated carbocycles. The summed E-state index contributed by atoms with van der Waals surface area (Å²) in [5.74, 6) is 1.95. The number of aliphatic hydroxyl groups is 2. The van der Waals surface area contributed by atoms with Crippen molar-refractivity contribution in [1.29, 1.82) is 0 Å². The van der Waals surface area contributed by atoms with Gasteiger partial charge in [-0.05, 0) is 152 Å². The Morgan fingerprint density at radius 3 is 1.75 bits per heavy atom. The van der Waals surface area contributed by atoms with Gasteiger partial charge in [-0.2, -0.15) is 0 Å². The molecule has 0 amide bonds. The molecule has 0 aliphatic heterocycles. The van der Waals surface area contributed by atoms with E-state index in [1.54, 1.807) is 13.8 Å². The van der Waals surface area contributed by atoms with Crippen molar-refractivity contribution in [2.45, 2.75) is 123 Å². The van der Waals surface area contributed by atoms with Crippen molar-refractivity contribution in [3.8, 4) is 28.0 Å². The Kier molecular flexibility index (Phi) is 16.2. The Morgan fingerprint density at radius 1 is 0.702 bits per heavy atom. The highest BCUT2D eigenvalue weighted by molar-refractivity contribution is 5.87. The molecule has 0 bridgehead atoms. The lowest BCUT2D eigenvalue weighted by atomic mass is 9.79. The molecule has 0 aromatic heterocycles. The van der Waals surface area contributed by atoms with Gasteiger partial charge in [-0.25, -0.2) is 9.59 Å². The quantitative estimate of drug-likeness (QED) is 0.0595. The Morgan fingerprint density at radius 2 is 1.25 bits per heavy atom. The van der Waals surface area contributed by atoms with E-state index in [1.165, 1.54) is 53.5 Å². The third-order valence-electron chi connectivity index (χ3n) is 12.0. The van der Waals surface area contributed by atoms with Crippen LogP contribution in [0.4, 0.5) is 0 Å². The zero-order valence-electron chi connectivity index (χ0n) is 35.0. The Labute approximate surface area is 341 Å². The topological polar surface area (TPSA) is 102 Å². The van der Waals surface area contributed by atoms with Crippen LogP contribution in [0.5, 0.6) is 5.75 Å². The van der Waals surface area contributed by atoms with E-state index in [0.717, 1.165) is 47.6 Å². The summed E-state index contributed by atoms with van der Waals surface area (Å²) >= 11 is 0. The second-order valence-electron chi connectivity index (χ2n) is 17.0. The van der Waals surface area contributed by atoms with Gasteiger partial charge in [0.05, 0.1) is 33.0 Å². The normalized spacial score (nSPS) is 16.9. The molecule has 0 radical (unpaired) electrons. The minimum atomic E-state index is -0.627. The average Bonchev–Trinajstić information content (AvgIpc) is 4.07. The Balaban J connectivity index is 1.49.